The molecule has 0 aliphatic heterocycles. The number of rotatable bonds is 6. The van der Waals surface area contributed by atoms with Crippen molar-refractivity contribution >= 4 is 23.2 Å². The molecule has 0 heterocycles. The summed E-state index contributed by atoms with van der Waals surface area (Å²) in [5.74, 6) is 0.880. The first-order chi connectivity index (χ1) is 10.2. The van der Waals surface area contributed by atoms with Crippen LogP contribution >= 0.6 is 23.2 Å². The van der Waals surface area contributed by atoms with Crippen LogP contribution in [0.25, 0.3) is 0 Å². The molecule has 2 nitrogen and oxygen atoms in total. The number of hydrogen-bond donors (Lipinski definition) is 1. The van der Waals surface area contributed by atoms with E-state index in [9.17, 15) is 0 Å². The minimum Gasteiger partial charge on any atom is -0.494 e. The molecule has 0 saturated carbocycles. The molecule has 2 rings (SSSR count). The van der Waals surface area contributed by atoms with Crippen LogP contribution in [-0.2, 0) is 0 Å². The van der Waals surface area contributed by atoms with E-state index >= 15 is 0 Å². The van der Waals surface area contributed by atoms with Crippen molar-refractivity contribution in [1.29, 1.82) is 0 Å². The summed E-state index contributed by atoms with van der Waals surface area (Å²) in [6.45, 7) is 5.59. The largest absolute Gasteiger partial charge is 0.494 e. The maximum atomic E-state index is 6.13. The third-order valence-corrected chi connectivity index (χ3v) is 3.95. The van der Waals surface area contributed by atoms with Crippen LogP contribution in [-0.4, -0.2) is 13.2 Å². The van der Waals surface area contributed by atoms with Crippen LogP contribution in [0.1, 0.15) is 31.0 Å². The Bertz CT molecular complexity index is 584. The number of nitrogens with one attached hydrogen (secondary N) is 1. The molecule has 2 aromatic carbocycles. The summed E-state index contributed by atoms with van der Waals surface area (Å²) in [7, 11) is 0. The second-order valence-corrected chi connectivity index (χ2v) is 5.48. The normalized spacial score (nSPS) is 12.2. The first-order valence-corrected chi connectivity index (χ1v) is 7.82. The van der Waals surface area contributed by atoms with Gasteiger partial charge in [0.05, 0.1) is 22.7 Å². The van der Waals surface area contributed by atoms with Crippen molar-refractivity contribution in [1.82, 2.24) is 5.32 Å². The summed E-state index contributed by atoms with van der Waals surface area (Å²) in [4.78, 5) is 0. The maximum Gasteiger partial charge on any atom is 0.119 e. The van der Waals surface area contributed by atoms with Crippen LogP contribution in [0, 0.1) is 0 Å². The van der Waals surface area contributed by atoms with Gasteiger partial charge in [-0.1, -0.05) is 48.3 Å². The van der Waals surface area contributed by atoms with E-state index in [0.29, 0.717) is 16.7 Å². The van der Waals surface area contributed by atoms with Crippen molar-refractivity contribution < 1.29 is 4.74 Å². The zero-order chi connectivity index (χ0) is 15.2. The monoisotopic (exact) mass is 323 g/mol. The van der Waals surface area contributed by atoms with Crippen LogP contribution in [0.5, 0.6) is 5.75 Å². The molecule has 112 valence electrons. The average molecular weight is 324 g/mol. The van der Waals surface area contributed by atoms with E-state index in [-0.39, 0.29) is 6.04 Å². The highest BCUT2D eigenvalue weighted by Crippen LogP contribution is 2.29. The van der Waals surface area contributed by atoms with Gasteiger partial charge in [0.1, 0.15) is 5.75 Å². The van der Waals surface area contributed by atoms with Crippen molar-refractivity contribution in [2.75, 3.05) is 13.2 Å². The van der Waals surface area contributed by atoms with Gasteiger partial charge in [0.25, 0.3) is 0 Å². The molecule has 0 radical (unpaired) electrons. The van der Waals surface area contributed by atoms with Crippen LogP contribution < -0.4 is 10.1 Å². The van der Waals surface area contributed by atoms with E-state index in [4.69, 9.17) is 27.9 Å². The van der Waals surface area contributed by atoms with Crippen molar-refractivity contribution in [2.45, 2.75) is 19.9 Å². The van der Waals surface area contributed by atoms with Gasteiger partial charge >= 0.3 is 0 Å². The maximum absolute atomic E-state index is 6.13. The van der Waals surface area contributed by atoms with Crippen molar-refractivity contribution in [3.63, 3.8) is 0 Å². The molecule has 1 atom stereocenters. The van der Waals surface area contributed by atoms with Gasteiger partial charge in [0.15, 0.2) is 0 Å². The standard InChI is InChI=1S/C17H19Cl2NO/c1-3-20-17(13-7-10-15(18)16(19)11-13)12-5-8-14(9-6-12)21-4-2/h5-11,17,20H,3-4H2,1-2H3. The quantitative estimate of drug-likeness (QED) is 0.799. The molecule has 0 amide bonds. The first-order valence-electron chi connectivity index (χ1n) is 7.06. The van der Waals surface area contributed by atoms with Gasteiger partial charge in [-0.3, -0.25) is 0 Å². The molecule has 0 saturated heterocycles. The Balaban J connectivity index is 2.31. The van der Waals surface area contributed by atoms with E-state index < -0.39 is 0 Å². The van der Waals surface area contributed by atoms with Gasteiger partial charge in [-0.2, -0.15) is 0 Å². The van der Waals surface area contributed by atoms with Gasteiger partial charge in [-0.15, -0.1) is 0 Å². The molecule has 21 heavy (non-hydrogen) atoms. The number of ether oxygens (including phenoxy) is 1. The van der Waals surface area contributed by atoms with E-state index in [1.807, 2.05) is 37.3 Å². The summed E-state index contributed by atoms with van der Waals surface area (Å²) in [6, 6.07) is 13.9. The molecular formula is C17H19Cl2NO. The zero-order valence-corrected chi connectivity index (χ0v) is 13.7. The molecule has 1 N–H and O–H groups in total. The fraction of sp³-hybridized carbons (Fsp3) is 0.294. The number of halogens is 2. The fourth-order valence-electron chi connectivity index (χ4n) is 2.25. The van der Waals surface area contributed by atoms with E-state index in [1.54, 1.807) is 0 Å². The Morgan fingerprint density at radius 1 is 0.952 bits per heavy atom. The minimum absolute atomic E-state index is 0.0837. The smallest absolute Gasteiger partial charge is 0.119 e. The molecule has 1 unspecified atom stereocenters. The minimum atomic E-state index is 0.0837. The SMILES string of the molecule is CCNC(c1ccc(OCC)cc1)c1ccc(Cl)c(Cl)c1. The molecule has 0 bridgehead atoms. The average Bonchev–Trinajstić information content (AvgIpc) is 2.49. The molecular weight excluding hydrogens is 305 g/mol. The molecule has 0 aliphatic rings. The number of hydrogen-bond acceptors (Lipinski definition) is 2. The Morgan fingerprint density at radius 2 is 1.62 bits per heavy atom. The lowest BCUT2D eigenvalue weighted by atomic mass is 9.98. The summed E-state index contributed by atoms with van der Waals surface area (Å²) >= 11 is 12.1. The Labute approximate surface area is 136 Å². The summed E-state index contributed by atoms with van der Waals surface area (Å²) < 4.78 is 5.48. The second kappa shape index (κ2) is 7.69. The lowest BCUT2D eigenvalue weighted by Crippen LogP contribution is -2.21. The van der Waals surface area contributed by atoms with Crippen LogP contribution in [0.15, 0.2) is 42.5 Å². The van der Waals surface area contributed by atoms with Crippen molar-refractivity contribution in [3.8, 4) is 5.75 Å². The van der Waals surface area contributed by atoms with Gasteiger partial charge in [0.2, 0.25) is 0 Å². The van der Waals surface area contributed by atoms with E-state index in [2.05, 4.69) is 24.4 Å². The Morgan fingerprint density at radius 3 is 2.19 bits per heavy atom. The summed E-state index contributed by atoms with van der Waals surface area (Å²) in [6.07, 6.45) is 0. The highest BCUT2D eigenvalue weighted by atomic mass is 35.5. The van der Waals surface area contributed by atoms with Gasteiger partial charge < -0.3 is 10.1 Å². The third-order valence-electron chi connectivity index (χ3n) is 3.21. The molecule has 0 spiro atoms. The number of benzene rings is 2. The third kappa shape index (κ3) is 4.13. The van der Waals surface area contributed by atoms with E-state index in [0.717, 1.165) is 17.9 Å². The summed E-state index contributed by atoms with van der Waals surface area (Å²) in [5.41, 5.74) is 2.26. The van der Waals surface area contributed by atoms with E-state index in [1.165, 1.54) is 5.56 Å². The molecule has 4 heteroatoms. The Kier molecular flexibility index (Phi) is 5.92. The lowest BCUT2D eigenvalue weighted by Gasteiger charge is -2.20. The molecule has 0 aliphatic carbocycles. The van der Waals surface area contributed by atoms with Crippen molar-refractivity contribution in [2.24, 2.45) is 0 Å². The predicted molar refractivity (Wildman–Crippen MR) is 89.6 cm³/mol. The highest BCUT2D eigenvalue weighted by Gasteiger charge is 2.14. The molecule has 0 fully saturated rings. The zero-order valence-electron chi connectivity index (χ0n) is 12.2. The molecule has 0 aromatic heterocycles. The van der Waals surface area contributed by atoms with Gasteiger partial charge in [-0.25, -0.2) is 0 Å². The Hall–Kier alpha value is -1.22. The van der Waals surface area contributed by atoms with Crippen LogP contribution in [0.2, 0.25) is 10.0 Å². The highest BCUT2D eigenvalue weighted by molar-refractivity contribution is 6.42. The van der Waals surface area contributed by atoms with Crippen molar-refractivity contribution in [3.05, 3.63) is 63.6 Å². The van der Waals surface area contributed by atoms with Crippen LogP contribution in [0.4, 0.5) is 0 Å². The predicted octanol–water partition coefficient (Wildman–Crippen LogP) is 5.09. The summed E-state index contributed by atoms with van der Waals surface area (Å²) in [5, 5.41) is 4.61. The lowest BCUT2D eigenvalue weighted by molar-refractivity contribution is 0.340. The van der Waals surface area contributed by atoms with Gasteiger partial charge in [0, 0.05) is 0 Å². The fourth-order valence-corrected chi connectivity index (χ4v) is 2.55. The second-order valence-electron chi connectivity index (χ2n) is 4.67. The first kappa shape index (κ1) is 16.2. The topological polar surface area (TPSA) is 21.3 Å². The molecule has 2 aromatic rings. The van der Waals surface area contributed by atoms with Gasteiger partial charge in [-0.05, 0) is 48.9 Å². The van der Waals surface area contributed by atoms with Crippen LogP contribution in [0.3, 0.4) is 0 Å².